The number of ether oxygens (including phenoxy) is 1. The molecule has 1 aliphatic rings. The van der Waals surface area contributed by atoms with E-state index in [1.165, 1.54) is 29.1 Å². The first-order valence-corrected chi connectivity index (χ1v) is 10.6. The minimum atomic E-state index is -4.81. The molecule has 2 amide bonds. The fourth-order valence-corrected chi connectivity index (χ4v) is 3.59. The van der Waals surface area contributed by atoms with E-state index >= 15 is 0 Å². The maximum Gasteiger partial charge on any atom is 0.573 e. The number of amides is 2. The summed E-state index contributed by atoms with van der Waals surface area (Å²) in [6, 6.07) is 9.39. The van der Waals surface area contributed by atoms with E-state index in [0.29, 0.717) is 17.4 Å². The maximum absolute atomic E-state index is 13.0. The van der Waals surface area contributed by atoms with Crippen LogP contribution in [0.3, 0.4) is 0 Å². The van der Waals surface area contributed by atoms with Gasteiger partial charge in [-0.1, -0.05) is 11.6 Å². The summed E-state index contributed by atoms with van der Waals surface area (Å²) in [5.41, 5.74) is -0.799. The third kappa shape index (κ3) is 5.28. The zero-order chi connectivity index (χ0) is 23.8. The van der Waals surface area contributed by atoms with Gasteiger partial charge < -0.3 is 15.4 Å². The molecule has 1 saturated carbocycles. The predicted octanol–water partition coefficient (Wildman–Crippen LogP) is 4.48. The van der Waals surface area contributed by atoms with E-state index in [1.54, 1.807) is 12.1 Å². The lowest BCUT2D eigenvalue weighted by atomic mass is 10.2. The Morgan fingerprint density at radius 3 is 2.48 bits per heavy atom. The molecule has 1 fully saturated rings. The van der Waals surface area contributed by atoms with Gasteiger partial charge in [-0.3, -0.25) is 9.59 Å². The molecule has 3 aromatic rings. The van der Waals surface area contributed by atoms with Crippen LogP contribution < -0.4 is 15.4 Å². The second-order valence-corrected chi connectivity index (χ2v) is 8.36. The first-order valence-electron chi connectivity index (χ1n) is 9.43. The smallest absolute Gasteiger partial charge is 0.406 e. The van der Waals surface area contributed by atoms with Gasteiger partial charge >= 0.3 is 6.36 Å². The molecule has 0 spiro atoms. The molecule has 0 saturated heterocycles. The lowest BCUT2D eigenvalue weighted by molar-refractivity contribution is -0.274. The van der Waals surface area contributed by atoms with E-state index in [1.807, 2.05) is 0 Å². The van der Waals surface area contributed by atoms with Crippen molar-refractivity contribution in [3.05, 3.63) is 64.0 Å². The Morgan fingerprint density at radius 2 is 1.88 bits per heavy atom. The van der Waals surface area contributed by atoms with E-state index in [0.717, 1.165) is 12.1 Å². The number of halogens is 5. The van der Waals surface area contributed by atoms with E-state index in [9.17, 15) is 22.8 Å². The zero-order valence-corrected chi connectivity index (χ0v) is 18.8. The fraction of sp³-hybridized carbons (Fsp3) is 0.200. The average Bonchev–Trinajstić information content (AvgIpc) is 3.42. The summed E-state index contributed by atoms with van der Waals surface area (Å²) >= 11 is 9.39. The largest absolute Gasteiger partial charge is 0.573 e. The van der Waals surface area contributed by atoms with Crippen molar-refractivity contribution in [2.75, 3.05) is 5.32 Å². The van der Waals surface area contributed by atoms with Crippen molar-refractivity contribution in [2.45, 2.75) is 24.7 Å². The topological polar surface area (TPSA) is 98.1 Å². The van der Waals surface area contributed by atoms with Gasteiger partial charge in [-0.15, -0.1) is 13.2 Å². The monoisotopic (exact) mass is 543 g/mol. The molecule has 2 aromatic heterocycles. The number of benzene rings is 1. The molecule has 2 heterocycles. The summed E-state index contributed by atoms with van der Waals surface area (Å²) in [6.07, 6.45) is -2.54. The lowest BCUT2D eigenvalue weighted by Crippen LogP contribution is -2.46. The first-order chi connectivity index (χ1) is 15.6. The van der Waals surface area contributed by atoms with Crippen molar-refractivity contribution in [3.63, 3.8) is 0 Å². The van der Waals surface area contributed by atoms with Crippen LogP contribution in [0.4, 0.5) is 18.9 Å². The SMILES string of the molecule is O=C(NC1(C(=O)Nc2ccc(OC(F)(F)F)cc2)CC1)c1cc(Br)nn1-c1ncccc1Cl. The number of carbonyl (C=O) groups is 2. The van der Waals surface area contributed by atoms with Crippen molar-refractivity contribution >= 4 is 45.0 Å². The highest BCUT2D eigenvalue weighted by Gasteiger charge is 2.51. The second-order valence-electron chi connectivity index (χ2n) is 7.14. The molecule has 8 nitrogen and oxygen atoms in total. The Kier molecular flexibility index (Phi) is 6.06. The fourth-order valence-electron chi connectivity index (χ4n) is 3.01. The number of hydrogen-bond acceptors (Lipinski definition) is 5. The molecular weight excluding hydrogens is 531 g/mol. The normalized spacial score (nSPS) is 14.5. The number of rotatable bonds is 6. The molecule has 0 atom stereocenters. The number of pyridine rings is 1. The van der Waals surface area contributed by atoms with Gasteiger partial charge in [-0.2, -0.15) is 5.10 Å². The highest BCUT2D eigenvalue weighted by molar-refractivity contribution is 9.10. The van der Waals surface area contributed by atoms with Crippen molar-refractivity contribution in [1.82, 2.24) is 20.1 Å². The van der Waals surface area contributed by atoms with Gasteiger partial charge in [0.1, 0.15) is 21.6 Å². The van der Waals surface area contributed by atoms with Crippen LogP contribution in [0.1, 0.15) is 23.3 Å². The lowest BCUT2D eigenvalue weighted by Gasteiger charge is -2.18. The van der Waals surface area contributed by atoms with E-state index in [4.69, 9.17) is 11.6 Å². The average molecular weight is 545 g/mol. The van der Waals surface area contributed by atoms with Crippen molar-refractivity contribution < 1.29 is 27.5 Å². The molecule has 2 N–H and O–H groups in total. The number of hydrogen-bond donors (Lipinski definition) is 2. The van der Waals surface area contributed by atoms with Gasteiger partial charge in [-0.25, -0.2) is 9.67 Å². The third-order valence-corrected chi connectivity index (χ3v) is 5.42. The number of anilines is 1. The first kappa shape index (κ1) is 23.1. The molecule has 0 bridgehead atoms. The number of aromatic nitrogens is 3. The Balaban J connectivity index is 1.47. The summed E-state index contributed by atoms with van der Waals surface area (Å²) in [5.74, 6) is -1.25. The number of nitrogens with zero attached hydrogens (tertiary/aromatic N) is 3. The van der Waals surface area contributed by atoms with Crippen LogP contribution in [-0.2, 0) is 4.79 Å². The molecule has 0 radical (unpaired) electrons. The molecule has 4 rings (SSSR count). The number of nitrogens with one attached hydrogen (secondary N) is 2. The van der Waals surface area contributed by atoms with E-state index in [2.05, 4.69) is 41.4 Å². The van der Waals surface area contributed by atoms with E-state index < -0.39 is 29.5 Å². The minimum absolute atomic E-state index is 0.107. The Morgan fingerprint density at radius 1 is 1.18 bits per heavy atom. The Bertz CT molecular complexity index is 1210. The molecule has 1 aromatic carbocycles. The highest BCUT2D eigenvalue weighted by atomic mass is 79.9. The predicted molar refractivity (Wildman–Crippen MR) is 115 cm³/mol. The van der Waals surface area contributed by atoms with Crippen molar-refractivity contribution in [2.24, 2.45) is 0 Å². The van der Waals surface area contributed by atoms with Crippen LogP contribution in [0.25, 0.3) is 5.82 Å². The summed E-state index contributed by atoms with van der Waals surface area (Å²) in [4.78, 5) is 29.9. The van der Waals surface area contributed by atoms with Gasteiger partial charge in [0.2, 0.25) is 5.91 Å². The summed E-state index contributed by atoms with van der Waals surface area (Å²) in [5, 5.41) is 9.78. The summed E-state index contributed by atoms with van der Waals surface area (Å²) in [7, 11) is 0. The standard InChI is InChI=1S/C20H14BrClF3N5O3/c21-15-10-14(30(29-15)16-13(22)2-1-9-26-16)17(31)28-19(7-8-19)18(32)27-11-3-5-12(6-4-11)33-20(23,24)25/h1-6,9-10H,7-8H2,(H,27,32)(H,28,31). The van der Waals surface area contributed by atoms with E-state index in [-0.39, 0.29) is 22.2 Å². The minimum Gasteiger partial charge on any atom is -0.406 e. The molecular formula is C20H14BrClF3N5O3. The number of carbonyl (C=O) groups excluding carboxylic acids is 2. The molecule has 172 valence electrons. The van der Waals surface area contributed by atoms with Gasteiger partial charge in [0.05, 0.1) is 5.02 Å². The van der Waals surface area contributed by atoms with Gasteiger partial charge in [0, 0.05) is 18.0 Å². The highest BCUT2D eigenvalue weighted by Crippen LogP contribution is 2.37. The van der Waals surface area contributed by atoms with Crippen LogP contribution in [0, 0.1) is 0 Å². The van der Waals surface area contributed by atoms with Crippen LogP contribution in [0.2, 0.25) is 5.02 Å². The van der Waals surface area contributed by atoms with Crippen molar-refractivity contribution in [1.29, 1.82) is 0 Å². The molecule has 0 unspecified atom stereocenters. The summed E-state index contributed by atoms with van der Waals surface area (Å²) < 4.78 is 42.3. The van der Waals surface area contributed by atoms with Gasteiger partial charge in [0.15, 0.2) is 5.82 Å². The van der Waals surface area contributed by atoms with Gasteiger partial charge in [0.25, 0.3) is 5.91 Å². The molecule has 0 aliphatic heterocycles. The quantitative estimate of drug-likeness (QED) is 0.477. The van der Waals surface area contributed by atoms with Crippen LogP contribution >= 0.6 is 27.5 Å². The second kappa shape index (κ2) is 8.67. The molecule has 33 heavy (non-hydrogen) atoms. The Hall–Kier alpha value is -3.12. The van der Waals surface area contributed by atoms with Crippen molar-refractivity contribution in [3.8, 4) is 11.6 Å². The third-order valence-electron chi connectivity index (χ3n) is 4.74. The molecule has 1 aliphatic carbocycles. The molecule has 13 heteroatoms. The maximum atomic E-state index is 13.0. The van der Waals surface area contributed by atoms with Crippen LogP contribution in [-0.4, -0.2) is 38.5 Å². The number of alkyl halides is 3. The van der Waals surface area contributed by atoms with Crippen LogP contribution in [0.15, 0.2) is 53.3 Å². The van der Waals surface area contributed by atoms with Crippen LogP contribution in [0.5, 0.6) is 5.75 Å². The van der Waals surface area contributed by atoms with Gasteiger partial charge in [-0.05, 0) is 65.2 Å². The Labute approximate surface area is 198 Å². The zero-order valence-electron chi connectivity index (χ0n) is 16.5. The summed E-state index contributed by atoms with van der Waals surface area (Å²) in [6.45, 7) is 0.